The third kappa shape index (κ3) is 4.89. The molecule has 1 saturated heterocycles. The maximum absolute atomic E-state index is 16.3. The number of nitrogens with one attached hydrogen (secondary N) is 1. The molecule has 1 aliphatic rings. The average Bonchev–Trinajstić information content (AvgIpc) is 2.87. The lowest BCUT2D eigenvalue weighted by Crippen LogP contribution is -2.44. The van der Waals surface area contributed by atoms with Crippen molar-refractivity contribution in [2.24, 2.45) is 0 Å². The van der Waals surface area contributed by atoms with E-state index in [0.29, 0.717) is 23.4 Å². The van der Waals surface area contributed by atoms with Gasteiger partial charge < -0.3 is 25.0 Å². The smallest absolute Gasteiger partial charge is 0.319 e. The van der Waals surface area contributed by atoms with Gasteiger partial charge in [0.1, 0.15) is 17.1 Å². The number of fused-ring (bicyclic) bond motifs is 2. The lowest BCUT2D eigenvalue weighted by molar-refractivity contribution is 0.264. The Labute approximate surface area is 214 Å². The highest BCUT2D eigenvalue weighted by molar-refractivity contribution is 6.35. The molecule has 0 unspecified atom stereocenters. The van der Waals surface area contributed by atoms with E-state index in [4.69, 9.17) is 16.3 Å². The Hall–Kier alpha value is -3.20. The van der Waals surface area contributed by atoms with E-state index in [9.17, 15) is 5.11 Å². The molecule has 1 fully saturated rings. The molecule has 0 spiro atoms. The highest BCUT2D eigenvalue weighted by Crippen LogP contribution is 2.42. The van der Waals surface area contributed by atoms with Crippen LogP contribution in [0.25, 0.3) is 32.8 Å². The first kappa shape index (κ1) is 24.5. The summed E-state index contributed by atoms with van der Waals surface area (Å²) in [4.78, 5) is 13.3. The molecule has 1 aliphatic heterocycles. The molecule has 4 aromatic rings. The van der Waals surface area contributed by atoms with Crippen LogP contribution in [0.15, 0.2) is 42.5 Å². The van der Waals surface area contributed by atoms with Gasteiger partial charge in [-0.05, 0) is 55.1 Å². The Kier molecular flexibility index (Phi) is 7.09. The zero-order valence-electron chi connectivity index (χ0n) is 20.4. The zero-order valence-corrected chi connectivity index (χ0v) is 21.1. The molecule has 0 atom stereocenters. The third-order valence-electron chi connectivity index (χ3n) is 6.36. The van der Waals surface area contributed by atoms with Gasteiger partial charge in [-0.2, -0.15) is 9.97 Å². The van der Waals surface area contributed by atoms with Gasteiger partial charge in [0.25, 0.3) is 0 Å². The van der Waals surface area contributed by atoms with E-state index in [0.717, 1.165) is 49.9 Å². The van der Waals surface area contributed by atoms with Crippen LogP contribution in [0.2, 0.25) is 5.02 Å². The number of aromatic hydroxyl groups is 1. The van der Waals surface area contributed by atoms with E-state index < -0.39 is 5.82 Å². The molecule has 2 N–H and O–H groups in total. The second kappa shape index (κ2) is 10.4. The van der Waals surface area contributed by atoms with Crippen molar-refractivity contribution in [1.82, 2.24) is 20.2 Å². The van der Waals surface area contributed by atoms with Crippen LogP contribution in [-0.4, -0.2) is 73.4 Å². The number of phenols is 1. The van der Waals surface area contributed by atoms with E-state index in [2.05, 4.69) is 25.1 Å². The summed E-state index contributed by atoms with van der Waals surface area (Å²) >= 11 is 6.73. The van der Waals surface area contributed by atoms with Crippen LogP contribution in [0.4, 0.5) is 10.2 Å². The Balaban J connectivity index is 1.67. The van der Waals surface area contributed by atoms with Gasteiger partial charge in [-0.15, -0.1) is 0 Å². The summed E-state index contributed by atoms with van der Waals surface area (Å²) in [6, 6.07) is 12.6. The molecule has 0 aliphatic carbocycles. The molecular weight excluding hydrogens is 481 g/mol. The van der Waals surface area contributed by atoms with Gasteiger partial charge in [0.15, 0.2) is 5.82 Å². The fourth-order valence-electron chi connectivity index (χ4n) is 4.63. The second-order valence-electron chi connectivity index (χ2n) is 9.23. The minimum Gasteiger partial charge on any atom is -0.508 e. The molecule has 36 heavy (non-hydrogen) atoms. The quantitative estimate of drug-likeness (QED) is 0.350. The molecule has 5 rings (SSSR count). The van der Waals surface area contributed by atoms with Gasteiger partial charge in [0.05, 0.1) is 11.6 Å². The lowest BCUT2D eigenvalue weighted by Gasteiger charge is -2.29. The van der Waals surface area contributed by atoms with Crippen molar-refractivity contribution < 1.29 is 14.2 Å². The monoisotopic (exact) mass is 509 g/mol. The molecule has 7 nitrogen and oxygen atoms in total. The fraction of sp³-hybridized carbons (Fsp3) is 0.333. The van der Waals surface area contributed by atoms with E-state index >= 15 is 4.39 Å². The summed E-state index contributed by atoms with van der Waals surface area (Å²) in [5.74, 6) is 0.0794. The molecule has 0 bridgehead atoms. The molecule has 0 radical (unpaired) electrons. The minimum atomic E-state index is -0.565. The van der Waals surface area contributed by atoms with Gasteiger partial charge >= 0.3 is 6.01 Å². The van der Waals surface area contributed by atoms with E-state index in [1.807, 2.05) is 38.4 Å². The van der Waals surface area contributed by atoms with Crippen LogP contribution in [0, 0.1) is 5.82 Å². The maximum Gasteiger partial charge on any atom is 0.319 e. The predicted molar refractivity (Wildman–Crippen MR) is 143 cm³/mol. The summed E-state index contributed by atoms with van der Waals surface area (Å²) in [6.07, 6.45) is 0.793. The summed E-state index contributed by atoms with van der Waals surface area (Å²) in [6.45, 7) is 4.33. The summed E-state index contributed by atoms with van der Waals surface area (Å²) in [5.41, 5.74) is 0.846. The highest BCUT2D eigenvalue weighted by atomic mass is 35.5. The molecule has 1 aromatic heterocycles. The number of nitrogens with zero attached hydrogens (tertiary/aromatic N) is 4. The van der Waals surface area contributed by atoms with Crippen molar-refractivity contribution in [3.05, 3.63) is 53.3 Å². The van der Waals surface area contributed by atoms with Gasteiger partial charge in [0.2, 0.25) is 0 Å². The van der Waals surface area contributed by atoms with E-state index in [1.54, 1.807) is 12.1 Å². The first-order valence-corrected chi connectivity index (χ1v) is 12.4. The maximum atomic E-state index is 16.3. The predicted octanol–water partition coefficient (Wildman–Crippen LogP) is 4.69. The average molecular weight is 510 g/mol. The number of piperazine rings is 1. The largest absolute Gasteiger partial charge is 0.508 e. The molecular formula is C27H29ClFN5O2. The SMILES string of the molecule is CN(C)CCCOc1nc(N2CCNCC2)c2cc(Cl)c(-c3cc(O)cc4ccccc34)c(F)c2n1. The number of ether oxygens (including phenoxy) is 1. The van der Waals surface area contributed by atoms with Crippen molar-refractivity contribution in [3.63, 3.8) is 0 Å². The number of benzene rings is 3. The number of hydrogen-bond donors (Lipinski definition) is 2. The van der Waals surface area contributed by atoms with Gasteiger partial charge in [-0.1, -0.05) is 35.9 Å². The highest BCUT2D eigenvalue weighted by Gasteiger charge is 2.24. The van der Waals surface area contributed by atoms with Crippen LogP contribution < -0.4 is 15.0 Å². The fourth-order valence-corrected chi connectivity index (χ4v) is 4.93. The van der Waals surface area contributed by atoms with Gasteiger partial charge in [-0.25, -0.2) is 4.39 Å². The Morgan fingerprint density at radius 2 is 1.89 bits per heavy atom. The lowest BCUT2D eigenvalue weighted by atomic mass is 9.96. The Bertz CT molecular complexity index is 1410. The number of halogens is 2. The van der Waals surface area contributed by atoms with Crippen molar-refractivity contribution in [3.8, 4) is 22.9 Å². The number of hydrogen-bond acceptors (Lipinski definition) is 7. The van der Waals surface area contributed by atoms with Gasteiger partial charge in [-0.3, -0.25) is 0 Å². The van der Waals surface area contributed by atoms with Crippen molar-refractivity contribution in [2.45, 2.75) is 6.42 Å². The van der Waals surface area contributed by atoms with Crippen LogP contribution in [0.5, 0.6) is 11.8 Å². The van der Waals surface area contributed by atoms with Crippen molar-refractivity contribution >= 4 is 39.1 Å². The van der Waals surface area contributed by atoms with Crippen LogP contribution >= 0.6 is 11.6 Å². The summed E-state index contributed by atoms with van der Waals surface area (Å²) in [7, 11) is 4.00. The second-order valence-corrected chi connectivity index (χ2v) is 9.64. The minimum absolute atomic E-state index is 0.0355. The molecule has 0 amide bonds. The first-order chi connectivity index (χ1) is 17.4. The molecule has 188 valence electrons. The summed E-state index contributed by atoms with van der Waals surface area (Å²) < 4.78 is 22.2. The molecule has 9 heteroatoms. The first-order valence-electron chi connectivity index (χ1n) is 12.1. The van der Waals surface area contributed by atoms with Crippen LogP contribution in [-0.2, 0) is 0 Å². The van der Waals surface area contributed by atoms with E-state index in [1.165, 1.54) is 6.07 Å². The van der Waals surface area contributed by atoms with Crippen LogP contribution in [0.3, 0.4) is 0 Å². The molecule has 0 saturated carbocycles. The van der Waals surface area contributed by atoms with Crippen LogP contribution in [0.1, 0.15) is 6.42 Å². The Morgan fingerprint density at radius 1 is 1.11 bits per heavy atom. The normalized spacial score (nSPS) is 14.2. The zero-order chi connectivity index (χ0) is 25.2. The van der Waals surface area contributed by atoms with Crippen molar-refractivity contribution in [1.29, 1.82) is 0 Å². The number of phenolic OH excluding ortho intramolecular Hbond substituents is 1. The topological polar surface area (TPSA) is 73.8 Å². The van der Waals surface area contributed by atoms with Gasteiger partial charge in [0, 0.05) is 43.7 Å². The van der Waals surface area contributed by atoms with E-state index in [-0.39, 0.29) is 27.9 Å². The third-order valence-corrected chi connectivity index (χ3v) is 6.65. The molecule has 3 aromatic carbocycles. The van der Waals surface area contributed by atoms with Crippen molar-refractivity contribution in [2.75, 3.05) is 58.3 Å². The Morgan fingerprint density at radius 3 is 2.67 bits per heavy atom. The molecule has 2 heterocycles. The summed E-state index contributed by atoms with van der Waals surface area (Å²) in [5, 5.41) is 16.0. The number of anilines is 1. The number of rotatable bonds is 7. The number of aromatic nitrogens is 2. The standard InChI is InChI=1S/C27H29ClFN5O2/c1-33(2)10-5-13-36-27-31-25-21(26(32-27)34-11-8-30-9-12-34)16-22(28)23(24(25)29)20-15-18(35)14-17-6-3-4-7-19(17)20/h3-4,6-7,14-16,30,35H,5,8-13H2,1-2H3.